The second kappa shape index (κ2) is 2.58. The Labute approximate surface area is 82.3 Å². The smallest absolute Gasteiger partial charge is 0.127 e. The number of rotatable bonds is 1. The largest absolute Gasteiger partial charge is 0.340 e. The number of aromatic nitrogens is 2. The fourth-order valence-corrected chi connectivity index (χ4v) is 1.98. The lowest BCUT2D eigenvalue weighted by atomic mass is 9.77. The molecule has 1 heterocycles. The second-order valence-electron chi connectivity index (χ2n) is 4.11. The van der Waals surface area contributed by atoms with Gasteiger partial charge in [-0.2, -0.15) is 0 Å². The zero-order valence-corrected chi connectivity index (χ0v) is 7.96. The van der Waals surface area contributed by atoms with Crippen molar-refractivity contribution in [2.75, 3.05) is 0 Å². The number of imidazole rings is 1. The quantitative estimate of drug-likeness (QED) is 0.716. The van der Waals surface area contributed by atoms with Gasteiger partial charge in [0.1, 0.15) is 5.82 Å². The Morgan fingerprint density at radius 1 is 1.29 bits per heavy atom. The van der Waals surface area contributed by atoms with E-state index < -0.39 is 0 Å². The molecule has 0 radical (unpaired) electrons. The predicted octanol–water partition coefficient (Wildman–Crippen LogP) is 1.90. The maximum absolute atomic E-state index is 6.19. The third kappa shape index (κ3) is 0.990. The summed E-state index contributed by atoms with van der Waals surface area (Å²) in [5.41, 5.74) is 8.11. The van der Waals surface area contributed by atoms with Crippen LogP contribution in [0.4, 0.5) is 0 Å². The molecule has 14 heavy (non-hydrogen) atoms. The maximum atomic E-state index is 6.19. The standard InChI is InChI=1S/C11H13N3/c12-11(6-3-7-11)10-13-8-4-1-2-5-9(8)14-10/h1-2,4-5H,3,6-7,12H2,(H,13,14). The van der Waals surface area contributed by atoms with Crippen molar-refractivity contribution in [2.45, 2.75) is 24.8 Å². The highest BCUT2D eigenvalue weighted by atomic mass is 15.0. The number of hydrogen-bond acceptors (Lipinski definition) is 2. The Morgan fingerprint density at radius 2 is 2.07 bits per heavy atom. The summed E-state index contributed by atoms with van der Waals surface area (Å²) >= 11 is 0. The van der Waals surface area contributed by atoms with Crippen LogP contribution in [0.5, 0.6) is 0 Å². The minimum Gasteiger partial charge on any atom is -0.340 e. The fourth-order valence-electron chi connectivity index (χ4n) is 1.98. The third-order valence-corrected chi connectivity index (χ3v) is 3.11. The van der Waals surface area contributed by atoms with Crippen LogP contribution in [0.2, 0.25) is 0 Å². The van der Waals surface area contributed by atoms with Gasteiger partial charge in [-0.15, -0.1) is 0 Å². The average molecular weight is 187 g/mol. The third-order valence-electron chi connectivity index (χ3n) is 3.11. The van der Waals surface area contributed by atoms with E-state index in [1.165, 1.54) is 6.42 Å². The summed E-state index contributed by atoms with van der Waals surface area (Å²) in [7, 11) is 0. The number of hydrogen-bond donors (Lipinski definition) is 2. The molecule has 0 atom stereocenters. The van der Waals surface area contributed by atoms with Crippen LogP contribution in [0.25, 0.3) is 11.0 Å². The molecule has 1 aromatic carbocycles. The Morgan fingerprint density at radius 3 is 2.71 bits per heavy atom. The first kappa shape index (κ1) is 8.00. The monoisotopic (exact) mass is 187 g/mol. The molecule has 72 valence electrons. The SMILES string of the molecule is NC1(c2nc3ccccc3[nH]2)CCC1. The van der Waals surface area contributed by atoms with E-state index >= 15 is 0 Å². The number of para-hydroxylation sites is 2. The number of nitrogens with one attached hydrogen (secondary N) is 1. The van der Waals surface area contributed by atoms with Crippen LogP contribution in [-0.4, -0.2) is 9.97 Å². The summed E-state index contributed by atoms with van der Waals surface area (Å²) in [5, 5.41) is 0. The predicted molar refractivity (Wildman–Crippen MR) is 55.8 cm³/mol. The Kier molecular flexibility index (Phi) is 1.47. The zero-order valence-electron chi connectivity index (χ0n) is 7.96. The fraction of sp³-hybridized carbons (Fsp3) is 0.364. The molecule has 2 aromatic rings. The van der Waals surface area contributed by atoms with Crippen LogP contribution >= 0.6 is 0 Å². The van der Waals surface area contributed by atoms with E-state index in [1.54, 1.807) is 0 Å². The highest BCUT2D eigenvalue weighted by molar-refractivity contribution is 5.75. The lowest BCUT2D eigenvalue weighted by Crippen LogP contribution is -2.44. The first-order chi connectivity index (χ1) is 6.78. The molecular weight excluding hydrogens is 174 g/mol. The van der Waals surface area contributed by atoms with Crippen molar-refractivity contribution in [2.24, 2.45) is 5.73 Å². The summed E-state index contributed by atoms with van der Waals surface area (Å²) < 4.78 is 0. The van der Waals surface area contributed by atoms with Gasteiger partial charge in [-0.25, -0.2) is 4.98 Å². The van der Waals surface area contributed by atoms with Crippen molar-refractivity contribution in [1.82, 2.24) is 9.97 Å². The van der Waals surface area contributed by atoms with Gasteiger partial charge in [-0.3, -0.25) is 0 Å². The number of benzene rings is 1. The van der Waals surface area contributed by atoms with E-state index in [9.17, 15) is 0 Å². The summed E-state index contributed by atoms with van der Waals surface area (Å²) in [6.45, 7) is 0. The summed E-state index contributed by atoms with van der Waals surface area (Å²) in [6.07, 6.45) is 3.31. The number of fused-ring (bicyclic) bond motifs is 1. The molecule has 0 bridgehead atoms. The van der Waals surface area contributed by atoms with E-state index in [0.29, 0.717) is 0 Å². The Bertz CT molecular complexity index is 435. The average Bonchev–Trinajstić information content (AvgIpc) is 2.57. The van der Waals surface area contributed by atoms with Gasteiger partial charge < -0.3 is 10.7 Å². The molecule has 1 fully saturated rings. The molecular formula is C11H13N3. The molecule has 1 aliphatic rings. The van der Waals surface area contributed by atoms with Gasteiger partial charge in [0.25, 0.3) is 0 Å². The van der Waals surface area contributed by atoms with Gasteiger partial charge in [0.2, 0.25) is 0 Å². The molecule has 1 saturated carbocycles. The van der Waals surface area contributed by atoms with Crippen molar-refractivity contribution in [1.29, 1.82) is 0 Å². The number of aromatic amines is 1. The normalized spacial score (nSPS) is 19.5. The number of nitrogens with two attached hydrogens (primary N) is 1. The van der Waals surface area contributed by atoms with Crippen LogP contribution in [0.1, 0.15) is 25.1 Å². The summed E-state index contributed by atoms with van der Waals surface area (Å²) in [4.78, 5) is 7.83. The lowest BCUT2D eigenvalue weighted by Gasteiger charge is -2.35. The van der Waals surface area contributed by atoms with Gasteiger partial charge in [-0.05, 0) is 31.4 Å². The van der Waals surface area contributed by atoms with Gasteiger partial charge >= 0.3 is 0 Å². The highest BCUT2D eigenvalue weighted by Crippen LogP contribution is 2.37. The molecule has 1 aromatic heterocycles. The minimum absolute atomic E-state index is 0.182. The molecule has 0 saturated heterocycles. The maximum Gasteiger partial charge on any atom is 0.127 e. The molecule has 0 spiro atoms. The van der Waals surface area contributed by atoms with Crippen molar-refractivity contribution in [3.63, 3.8) is 0 Å². The van der Waals surface area contributed by atoms with Crippen LogP contribution in [0.15, 0.2) is 24.3 Å². The van der Waals surface area contributed by atoms with Crippen molar-refractivity contribution in [3.05, 3.63) is 30.1 Å². The van der Waals surface area contributed by atoms with Gasteiger partial charge in [0.05, 0.1) is 16.6 Å². The summed E-state index contributed by atoms with van der Waals surface area (Å²) in [5.74, 6) is 0.949. The van der Waals surface area contributed by atoms with E-state index in [0.717, 1.165) is 29.7 Å². The molecule has 0 aliphatic heterocycles. The van der Waals surface area contributed by atoms with Crippen LogP contribution in [0.3, 0.4) is 0 Å². The summed E-state index contributed by atoms with van der Waals surface area (Å²) in [6, 6.07) is 8.05. The molecule has 1 aliphatic carbocycles. The van der Waals surface area contributed by atoms with Crippen LogP contribution in [0, 0.1) is 0 Å². The first-order valence-corrected chi connectivity index (χ1v) is 5.02. The van der Waals surface area contributed by atoms with Gasteiger partial charge in [0, 0.05) is 0 Å². The van der Waals surface area contributed by atoms with Crippen LogP contribution in [-0.2, 0) is 5.54 Å². The molecule has 0 unspecified atom stereocenters. The van der Waals surface area contributed by atoms with Crippen molar-refractivity contribution in [3.8, 4) is 0 Å². The molecule has 3 heteroatoms. The van der Waals surface area contributed by atoms with Crippen molar-refractivity contribution >= 4 is 11.0 Å². The van der Waals surface area contributed by atoms with Crippen molar-refractivity contribution < 1.29 is 0 Å². The van der Waals surface area contributed by atoms with Gasteiger partial charge in [-0.1, -0.05) is 12.1 Å². The zero-order chi connectivity index (χ0) is 9.60. The van der Waals surface area contributed by atoms with Gasteiger partial charge in [0.15, 0.2) is 0 Å². The van der Waals surface area contributed by atoms with Crippen LogP contribution < -0.4 is 5.73 Å². The molecule has 3 nitrogen and oxygen atoms in total. The second-order valence-corrected chi connectivity index (χ2v) is 4.11. The molecule has 3 N–H and O–H groups in total. The molecule has 0 amide bonds. The highest BCUT2D eigenvalue weighted by Gasteiger charge is 2.37. The molecule has 3 rings (SSSR count). The minimum atomic E-state index is -0.182. The number of nitrogens with zero attached hydrogens (tertiary/aromatic N) is 1. The van der Waals surface area contributed by atoms with E-state index in [2.05, 4.69) is 9.97 Å². The Hall–Kier alpha value is -1.35. The topological polar surface area (TPSA) is 54.7 Å². The van der Waals surface area contributed by atoms with E-state index in [1.807, 2.05) is 24.3 Å². The lowest BCUT2D eigenvalue weighted by molar-refractivity contribution is 0.240. The van der Waals surface area contributed by atoms with E-state index in [4.69, 9.17) is 5.73 Å². The first-order valence-electron chi connectivity index (χ1n) is 5.02. The number of H-pyrrole nitrogens is 1. The Balaban J connectivity index is 2.14. The van der Waals surface area contributed by atoms with E-state index in [-0.39, 0.29) is 5.54 Å².